The lowest BCUT2D eigenvalue weighted by molar-refractivity contribution is 0.258. The fraction of sp³-hybridized carbons (Fsp3) is 0.125. The zero-order chi connectivity index (χ0) is 14.5. The molecule has 1 aromatic heterocycles. The van der Waals surface area contributed by atoms with Crippen LogP contribution < -0.4 is 4.74 Å². The second-order valence-corrected chi connectivity index (χ2v) is 5.48. The van der Waals surface area contributed by atoms with E-state index in [0.29, 0.717) is 12.4 Å². The molecule has 0 atom stereocenters. The highest BCUT2D eigenvalue weighted by Crippen LogP contribution is 2.25. The van der Waals surface area contributed by atoms with Gasteiger partial charge in [0.25, 0.3) is 0 Å². The molecule has 0 radical (unpaired) electrons. The number of aliphatic hydroxyl groups excluding tert-OH is 1. The maximum absolute atomic E-state index is 9.26. The maximum atomic E-state index is 9.26. The lowest BCUT2D eigenvalue weighted by Gasteiger charge is -2.07. The van der Waals surface area contributed by atoms with Gasteiger partial charge in [-0.3, -0.25) is 0 Å². The first kappa shape index (κ1) is 13.7. The van der Waals surface area contributed by atoms with E-state index in [1.54, 1.807) is 0 Å². The zero-order valence-corrected chi connectivity index (χ0v) is 12.1. The van der Waals surface area contributed by atoms with Crippen LogP contribution in [0, 0.1) is 0 Å². The molecule has 0 unspecified atom stereocenters. The van der Waals surface area contributed by atoms with Crippen molar-refractivity contribution in [2.24, 2.45) is 0 Å². The third-order valence-corrected chi connectivity index (χ3v) is 3.93. The predicted octanol–water partition coefficient (Wildman–Crippen LogP) is 3.28. The van der Waals surface area contributed by atoms with Crippen LogP contribution in [0.3, 0.4) is 0 Å². The summed E-state index contributed by atoms with van der Waals surface area (Å²) >= 11 is 1.51. The molecule has 106 valence electrons. The molecule has 0 saturated heterocycles. The van der Waals surface area contributed by atoms with Gasteiger partial charge in [0.1, 0.15) is 17.4 Å². The largest absolute Gasteiger partial charge is 0.486 e. The molecule has 21 heavy (non-hydrogen) atoms. The monoisotopic (exact) mass is 298 g/mol. The van der Waals surface area contributed by atoms with E-state index >= 15 is 0 Å². The summed E-state index contributed by atoms with van der Waals surface area (Å²) in [5.41, 5.74) is 1.82. The van der Waals surface area contributed by atoms with Gasteiger partial charge in [-0.2, -0.15) is 0 Å². The van der Waals surface area contributed by atoms with Crippen LogP contribution in [-0.4, -0.2) is 15.3 Å². The van der Waals surface area contributed by atoms with E-state index in [9.17, 15) is 5.11 Å². The van der Waals surface area contributed by atoms with Gasteiger partial charge < -0.3 is 9.84 Å². The Morgan fingerprint density at radius 3 is 2.52 bits per heavy atom. The second kappa shape index (κ2) is 6.47. The molecule has 0 fully saturated rings. The quantitative estimate of drug-likeness (QED) is 0.785. The van der Waals surface area contributed by atoms with Crippen LogP contribution in [0.2, 0.25) is 0 Å². The number of benzene rings is 2. The number of hydrogen-bond acceptors (Lipinski definition) is 5. The number of ether oxygens (including phenoxy) is 1. The molecule has 0 saturated carbocycles. The van der Waals surface area contributed by atoms with Crippen molar-refractivity contribution in [3.63, 3.8) is 0 Å². The van der Waals surface area contributed by atoms with Crippen molar-refractivity contribution in [3.8, 4) is 16.3 Å². The van der Waals surface area contributed by atoms with Gasteiger partial charge >= 0.3 is 0 Å². The topological polar surface area (TPSA) is 55.2 Å². The number of nitrogens with zero attached hydrogens (tertiary/aromatic N) is 2. The summed E-state index contributed by atoms with van der Waals surface area (Å²) in [5, 5.41) is 19.3. The molecular formula is C16H14N2O2S. The molecule has 1 N–H and O–H groups in total. The van der Waals surface area contributed by atoms with Crippen molar-refractivity contribution < 1.29 is 9.84 Å². The Bertz CT molecular complexity index is 713. The van der Waals surface area contributed by atoms with Crippen LogP contribution in [0.25, 0.3) is 10.6 Å². The first-order valence-corrected chi connectivity index (χ1v) is 7.38. The van der Waals surface area contributed by atoms with Crippen LogP contribution in [-0.2, 0) is 13.2 Å². The lowest BCUT2D eigenvalue weighted by Crippen LogP contribution is -1.98. The zero-order valence-electron chi connectivity index (χ0n) is 11.3. The van der Waals surface area contributed by atoms with Gasteiger partial charge in [-0.25, -0.2) is 0 Å². The van der Waals surface area contributed by atoms with Gasteiger partial charge in [-0.15, -0.1) is 10.2 Å². The molecular weight excluding hydrogens is 284 g/mol. The van der Waals surface area contributed by atoms with Gasteiger partial charge in [0.15, 0.2) is 5.01 Å². The summed E-state index contributed by atoms with van der Waals surface area (Å²) in [6.45, 7) is 0.309. The van der Waals surface area contributed by atoms with Crippen LogP contribution in [0.15, 0.2) is 54.6 Å². The van der Waals surface area contributed by atoms with E-state index in [2.05, 4.69) is 10.2 Å². The fourth-order valence-electron chi connectivity index (χ4n) is 1.92. The first-order valence-electron chi connectivity index (χ1n) is 6.56. The van der Waals surface area contributed by atoms with E-state index in [-0.39, 0.29) is 6.61 Å². The van der Waals surface area contributed by atoms with Crippen molar-refractivity contribution in [3.05, 3.63) is 65.2 Å². The summed E-state index contributed by atoms with van der Waals surface area (Å²) in [5.74, 6) is 0.677. The predicted molar refractivity (Wildman–Crippen MR) is 82.0 cm³/mol. The van der Waals surface area contributed by atoms with Crippen molar-refractivity contribution in [2.75, 3.05) is 0 Å². The van der Waals surface area contributed by atoms with Crippen LogP contribution >= 0.6 is 11.3 Å². The number of aliphatic hydroxyl groups is 1. The minimum atomic E-state index is -0.0401. The Labute approximate surface area is 126 Å². The molecule has 0 aliphatic rings. The summed E-state index contributed by atoms with van der Waals surface area (Å²) in [4.78, 5) is 0. The fourth-order valence-corrected chi connectivity index (χ4v) is 2.68. The summed E-state index contributed by atoms with van der Waals surface area (Å²) < 4.78 is 5.71. The molecule has 0 amide bonds. The summed E-state index contributed by atoms with van der Waals surface area (Å²) in [6, 6.07) is 17.4. The number of rotatable bonds is 5. The second-order valence-electron chi connectivity index (χ2n) is 4.42. The third-order valence-electron chi connectivity index (χ3n) is 2.98. The minimum Gasteiger partial charge on any atom is -0.486 e. The molecule has 3 aromatic rings. The van der Waals surface area contributed by atoms with Crippen molar-refractivity contribution in [2.45, 2.75) is 13.2 Å². The summed E-state index contributed by atoms with van der Waals surface area (Å²) in [7, 11) is 0. The SMILES string of the molecule is OCc1ccccc1OCc1nnc(-c2ccccc2)s1. The summed E-state index contributed by atoms with van der Waals surface area (Å²) in [6.07, 6.45) is 0. The van der Waals surface area contributed by atoms with Crippen LogP contribution in [0.1, 0.15) is 10.6 Å². The Hall–Kier alpha value is -2.24. The average Bonchev–Trinajstić information content (AvgIpc) is 3.03. The highest BCUT2D eigenvalue weighted by molar-refractivity contribution is 7.14. The lowest BCUT2D eigenvalue weighted by atomic mass is 10.2. The van der Waals surface area contributed by atoms with E-state index in [4.69, 9.17) is 4.74 Å². The number of aromatic nitrogens is 2. The molecule has 0 bridgehead atoms. The van der Waals surface area contributed by atoms with Crippen LogP contribution in [0.4, 0.5) is 0 Å². The molecule has 1 heterocycles. The Kier molecular flexibility index (Phi) is 4.23. The van der Waals surface area contributed by atoms with Crippen molar-refractivity contribution in [1.82, 2.24) is 10.2 Å². The van der Waals surface area contributed by atoms with E-state index in [1.165, 1.54) is 11.3 Å². The number of para-hydroxylation sites is 1. The normalized spacial score (nSPS) is 10.5. The smallest absolute Gasteiger partial charge is 0.155 e. The van der Waals surface area contributed by atoms with E-state index in [1.807, 2.05) is 54.6 Å². The average molecular weight is 298 g/mol. The van der Waals surface area contributed by atoms with Crippen molar-refractivity contribution in [1.29, 1.82) is 0 Å². The Balaban J connectivity index is 1.71. The number of hydrogen-bond donors (Lipinski definition) is 1. The minimum absolute atomic E-state index is 0.0401. The highest BCUT2D eigenvalue weighted by atomic mass is 32.1. The van der Waals surface area contributed by atoms with Crippen molar-refractivity contribution >= 4 is 11.3 Å². The van der Waals surface area contributed by atoms with Gasteiger partial charge in [0, 0.05) is 11.1 Å². The maximum Gasteiger partial charge on any atom is 0.155 e. The molecule has 3 rings (SSSR count). The van der Waals surface area contributed by atoms with Gasteiger partial charge in [-0.05, 0) is 6.07 Å². The van der Waals surface area contributed by atoms with E-state index < -0.39 is 0 Å². The highest BCUT2D eigenvalue weighted by Gasteiger charge is 2.08. The Morgan fingerprint density at radius 2 is 1.71 bits per heavy atom. The molecule has 0 aliphatic heterocycles. The van der Waals surface area contributed by atoms with Crippen LogP contribution in [0.5, 0.6) is 5.75 Å². The molecule has 0 aliphatic carbocycles. The van der Waals surface area contributed by atoms with Gasteiger partial charge in [-0.1, -0.05) is 59.9 Å². The van der Waals surface area contributed by atoms with E-state index in [0.717, 1.165) is 21.1 Å². The molecule has 0 spiro atoms. The standard InChI is InChI=1S/C16H14N2O2S/c19-10-13-8-4-5-9-14(13)20-11-15-17-18-16(21-15)12-6-2-1-3-7-12/h1-9,19H,10-11H2. The molecule has 4 nitrogen and oxygen atoms in total. The first-order chi connectivity index (χ1) is 10.4. The Morgan fingerprint density at radius 1 is 0.952 bits per heavy atom. The molecule has 2 aromatic carbocycles. The third kappa shape index (κ3) is 3.26. The van der Waals surface area contributed by atoms with Gasteiger partial charge in [0.05, 0.1) is 6.61 Å². The van der Waals surface area contributed by atoms with Gasteiger partial charge in [0.2, 0.25) is 0 Å². The molecule has 5 heteroatoms.